The summed E-state index contributed by atoms with van der Waals surface area (Å²) in [6.45, 7) is 10.5. The summed E-state index contributed by atoms with van der Waals surface area (Å²) in [5, 5.41) is 0. The molecule has 1 aliphatic rings. The number of hydrogen-bond acceptors (Lipinski definition) is 8. The molecule has 3 aromatic rings. The maximum atomic E-state index is 12.1. The highest BCUT2D eigenvalue weighted by Crippen LogP contribution is 2.34. The van der Waals surface area contributed by atoms with Gasteiger partial charge in [-0.25, -0.2) is 0 Å². The standard InChI is InChI=1S/C31H36BNO7/c1-6-36-14-15-37-27-16-21(2)31(22(3)17-27)28-9-7-8-24(23(28)4)20-38-26-12-10-25(11-13-26)32-39-29(34)18-33(5)19-30(35)40-32/h7-13,16-17H,6,14-15,18-20H2,1-5H3. The van der Waals surface area contributed by atoms with Crippen LogP contribution in [-0.4, -0.2) is 63.9 Å². The number of rotatable bonds is 10. The number of nitrogens with zero attached hydrogens (tertiary/aromatic N) is 1. The number of hydrogen-bond donors (Lipinski definition) is 0. The molecule has 3 aromatic carbocycles. The molecule has 1 aliphatic heterocycles. The minimum Gasteiger partial charge on any atom is -0.494 e. The molecule has 0 saturated carbocycles. The number of aryl methyl sites for hydroxylation is 2. The van der Waals surface area contributed by atoms with Gasteiger partial charge in [0, 0.05) is 12.1 Å². The topological polar surface area (TPSA) is 83.5 Å². The first-order chi connectivity index (χ1) is 19.2. The van der Waals surface area contributed by atoms with Crippen LogP contribution in [-0.2, 0) is 30.2 Å². The van der Waals surface area contributed by atoms with Crippen molar-refractivity contribution in [1.82, 2.24) is 4.90 Å². The summed E-state index contributed by atoms with van der Waals surface area (Å²) >= 11 is 0. The molecular formula is C31H36BNO7. The van der Waals surface area contributed by atoms with Crippen LogP contribution in [0.1, 0.15) is 29.2 Å². The van der Waals surface area contributed by atoms with E-state index in [1.54, 1.807) is 36.2 Å². The average Bonchev–Trinajstić information content (AvgIpc) is 2.90. The Morgan fingerprint density at radius 3 is 2.12 bits per heavy atom. The maximum absolute atomic E-state index is 12.1. The number of likely N-dealkylation sites (N-methyl/N-ethyl adjacent to an activating group) is 1. The normalized spacial score (nSPS) is 14.3. The highest BCUT2D eigenvalue weighted by atomic mass is 16.6. The predicted molar refractivity (Wildman–Crippen MR) is 154 cm³/mol. The number of benzene rings is 3. The van der Waals surface area contributed by atoms with Gasteiger partial charge in [-0.2, -0.15) is 0 Å². The van der Waals surface area contributed by atoms with Crippen LogP contribution in [0.3, 0.4) is 0 Å². The van der Waals surface area contributed by atoms with Gasteiger partial charge in [-0.3, -0.25) is 14.5 Å². The number of carbonyl (C=O) groups is 2. The van der Waals surface area contributed by atoms with Crippen molar-refractivity contribution in [2.75, 3.05) is 40.0 Å². The molecule has 40 heavy (non-hydrogen) atoms. The Morgan fingerprint density at radius 1 is 0.850 bits per heavy atom. The maximum Gasteiger partial charge on any atom is 0.636 e. The Morgan fingerprint density at radius 2 is 1.50 bits per heavy atom. The van der Waals surface area contributed by atoms with Crippen LogP contribution >= 0.6 is 0 Å². The Hall–Kier alpha value is -3.82. The third-order valence-corrected chi connectivity index (χ3v) is 6.74. The van der Waals surface area contributed by atoms with E-state index in [-0.39, 0.29) is 13.1 Å². The molecule has 0 spiro atoms. The van der Waals surface area contributed by atoms with E-state index in [1.165, 1.54) is 5.56 Å². The van der Waals surface area contributed by atoms with Gasteiger partial charge in [0.05, 0.1) is 19.7 Å². The first kappa shape index (κ1) is 29.2. The van der Waals surface area contributed by atoms with Crippen LogP contribution in [0.2, 0.25) is 0 Å². The molecule has 9 heteroatoms. The number of carbonyl (C=O) groups excluding carboxylic acids is 2. The molecule has 0 aromatic heterocycles. The molecule has 8 nitrogen and oxygen atoms in total. The third-order valence-electron chi connectivity index (χ3n) is 6.74. The largest absolute Gasteiger partial charge is 0.636 e. The molecule has 0 radical (unpaired) electrons. The van der Waals surface area contributed by atoms with Crippen molar-refractivity contribution in [1.29, 1.82) is 0 Å². The molecule has 4 rings (SSSR count). The zero-order valence-corrected chi connectivity index (χ0v) is 23.8. The van der Waals surface area contributed by atoms with Gasteiger partial charge >= 0.3 is 19.1 Å². The highest BCUT2D eigenvalue weighted by Gasteiger charge is 2.33. The van der Waals surface area contributed by atoms with Crippen molar-refractivity contribution in [2.45, 2.75) is 34.3 Å². The zero-order chi connectivity index (χ0) is 28.6. The second kappa shape index (κ2) is 13.5. The smallest absolute Gasteiger partial charge is 0.494 e. The van der Waals surface area contributed by atoms with Crippen LogP contribution in [0.15, 0.2) is 54.6 Å². The monoisotopic (exact) mass is 545 g/mol. The second-order valence-electron chi connectivity index (χ2n) is 9.91. The van der Waals surface area contributed by atoms with Crippen LogP contribution in [0, 0.1) is 20.8 Å². The molecule has 0 N–H and O–H groups in total. The molecule has 1 heterocycles. The predicted octanol–water partition coefficient (Wildman–Crippen LogP) is 4.00. The summed E-state index contributed by atoms with van der Waals surface area (Å²) in [6, 6.07) is 17.4. The SMILES string of the molecule is CCOCCOc1cc(C)c(-c2cccc(COc3ccc(B4OC(=O)CN(C)CC(=O)O4)cc3)c2C)c(C)c1. The number of ether oxygens (including phenoxy) is 3. The Bertz CT molecular complexity index is 1300. The lowest BCUT2D eigenvalue weighted by Gasteiger charge is -2.22. The summed E-state index contributed by atoms with van der Waals surface area (Å²) in [4.78, 5) is 25.7. The quantitative estimate of drug-likeness (QED) is 0.279. The average molecular weight is 545 g/mol. The third kappa shape index (κ3) is 7.43. The van der Waals surface area contributed by atoms with Crippen molar-refractivity contribution in [3.05, 3.63) is 76.9 Å². The molecular weight excluding hydrogens is 509 g/mol. The Labute approximate surface area is 236 Å². The van der Waals surface area contributed by atoms with Gasteiger partial charge in [0.2, 0.25) is 0 Å². The van der Waals surface area contributed by atoms with E-state index in [4.69, 9.17) is 23.5 Å². The lowest BCUT2D eigenvalue weighted by molar-refractivity contribution is -0.145. The zero-order valence-electron chi connectivity index (χ0n) is 23.8. The summed E-state index contributed by atoms with van der Waals surface area (Å²) in [6.07, 6.45) is 0. The van der Waals surface area contributed by atoms with E-state index in [1.807, 2.05) is 13.0 Å². The van der Waals surface area contributed by atoms with Crippen LogP contribution < -0.4 is 14.9 Å². The van der Waals surface area contributed by atoms with Gasteiger partial charge in [-0.15, -0.1) is 0 Å². The van der Waals surface area contributed by atoms with Gasteiger partial charge < -0.3 is 23.5 Å². The first-order valence-electron chi connectivity index (χ1n) is 13.5. The molecule has 1 fully saturated rings. The van der Waals surface area contributed by atoms with Crippen LogP contribution in [0.5, 0.6) is 11.5 Å². The van der Waals surface area contributed by atoms with Gasteiger partial charge in [0.15, 0.2) is 0 Å². The van der Waals surface area contributed by atoms with E-state index in [0.29, 0.717) is 37.6 Å². The molecule has 0 amide bonds. The van der Waals surface area contributed by atoms with Gasteiger partial charge in [0.1, 0.15) is 24.7 Å². The fourth-order valence-electron chi connectivity index (χ4n) is 4.76. The van der Waals surface area contributed by atoms with Crippen molar-refractivity contribution < 1.29 is 33.1 Å². The summed E-state index contributed by atoms with van der Waals surface area (Å²) < 4.78 is 28.0. The fraction of sp³-hybridized carbons (Fsp3) is 0.355. The fourth-order valence-corrected chi connectivity index (χ4v) is 4.76. The van der Waals surface area contributed by atoms with Gasteiger partial charge in [-0.1, -0.05) is 30.3 Å². The van der Waals surface area contributed by atoms with E-state index in [2.05, 4.69) is 45.0 Å². The lowest BCUT2D eigenvalue weighted by Crippen LogP contribution is -2.47. The van der Waals surface area contributed by atoms with E-state index in [9.17, 15) is 9.59 Å². The van der Waals surface area contributed by atoms with E-state index < -0.39 is 19.1 Å². The van der Waals surface area contributed by atoms with Crippen molar-refractivity contribution in [2.24, 2.45) is 0 Å². The van der Waals surface area contributed by atoms with Crippen LogP contribution in [0.4, 0.5) is 0 Å². The minimum atomic E-state index is -1.07. The highest BCUT2D eigenvalue weighted by molar-refractivity contribution is 6.64. The van der Waals surface area contributed by atoms with Gasteiger partial charge in [0.25, 0.3) is 0 Å². The first-order valence-corrected chi connectivity index (χ1v) is 13.5. The lowest BCUT2D eigenvalue weighted by atomic mass is 9.78. The minimum absolute atomic E-state index is 0.0245. The molecule has 210 valence electrons. The molecule has 0 aliphatic carbocycles. The molecule has 0 unspecified atom stereocenters. The Balaban J connectivity index is 1.44. The van der Waals surface area contributed by atoms with Crippen molar-refractivity contribution in [3.8, 4) is 22.6 Å². The summed E-state index contributed by atoms with van der Waals surface area (Å²) in [5.41, 5.74) is 7.42. The van der Waals surface area contributed by atoms with Crippen LogP contribution in [0.25, 0.3) is 11.1 Å². The summed E-state index contributed by atoms with van der Waals surface area (Å²) in [5.74, 6) is 0.586. The second-order valence-corrected chi connectivity index (χ2v) is 9.91. The van der Waals surface area contributed by atoms with E-state index >= 15 is 0 Å². The molecule has 0 bridgehead atoms. The summed E-state index contributed by atoms with van der Waals surface area (Å²) in [7, 11) is 0.584. The Kier molecular flexibility index (Phi) is 9.85. The van der Waals surface area contributed by atoms with Crippen molar-refractivity contribution in [3.63, 3.8) is 0 Å². The van der Waals surface area contributed by atoms with Crippen molar-refractivity contribution >= 4 is 24.5 Å². The van der Waals surface area contributed by atoms with E-state index in [0.717, 1.165) is 33.6 Å². The molecule has 0 atom stereocenters. The van der Waals surface area contributed by atoms with Gasteiger partial charge in [-0.05, 0) is 92.4 Å². The molecule has 1 saturated heterocycles.